The van der Waals surface area contributed by atoms with Crippen molar-refractivity contribution in [2.24, 2.45) is 0 Å². The molecule has 2 fully saturated rings. The molecule has 1 aromatic carbocycles. The third-order valence-corrected chi connectivity index (χ3v) is 4.84. The molecule has 7 heteroatoms. The van der Waals surface area contributed by atoms with Crippen LogP contribution in [0.15, 0.2) is 35.1 Å². The van der Waals surface area contributed by atoms with E-state index in [1.807, 2.05) is 30.3 Å². The molecule has 134 valence electrons. The van der Waals surface area contributed by atoms with E-state index in [1.165, 1.54) is 0 Å². The van der Waals surface area contributed by atoms with E-state index in [2.05, 4.69) is 5.32 Å². The molecule has 2 aromatic rings. The van der Waals surface area contributed by atoms with Gasteiger partial charge in [-0.1, -0.05) is 18.2 Å². The average Bonchev–Trinajstić information content (AvgIpc) is 3.00. The number of para-hydroxylation sites is 1. The van der Waals surface area contributed by atoms with E-state index in [9.17, 15) is 4.79 Å². The summed E-state index contributed by atoms with van der Waals surface area (Å²) < 4.78 is 14.5. The van der Waals surface area contributed by atoms with Crippen molar-refractivity contribution in [1.29, 1.82) is 0 Å². The Bertz CT molecular complexity index is 743. The summed E-state index contributed by atoms with van der Waals surface area (Å²) in [5.74, 6) is 1.15. The van der Waals surface area contributed by atoms with Crippen LogP contribution in [0.3, 0.4) is 0 Å². The standard InChI is InChI=1S/C18H24N4O3/c23-18-21(12-16-13-24-10-11-25-16)20-17(14-6-8-19-9-7-14)22(18)15-4-2-1-3-5-15/h1-5,14,16,19H,6-13H2/t16-/m0/s1. The molecule has 7 nitrogen and oxygen atoms in total. The quantitative estimate of drug-likeness (QED) is 0.893. The fraction of sp³-hybridized carbons (Fsp3) is 0.556. The lowest BCUT2D eigenvalue weighted by molar-refractivity contribution is -0.0950. The van der Waals surface area contributed by atoms with Crippen molar-refractivity contribution < 1.29 is 9.47 Å². The third-order valence-electron chi connectivity index (χ3n) is 4.84. The second-order valence-electron chi connectivity index (χ2n) is 6.59. The van der Waals surface area contributed by atoms with Gasteiger partial charge in [-0.15, -0.1) is 0 Å². The van der Waals surface area contributed by atoms with Crippen LogP contribution in [0.5, 0.6) is 0 Å². The molecule has 2 saturated heterocycles. The van der Waals surface area contributed by atoms with E-state index in [-0.39, 0.29) is 11.8 Å². The lowest BCUT2D eigenvalue weighted by Gasteiger charge is -2.22. The Hall–Kier alpha value is -1.96. The Kier molecular flexibility index (Phi) is 4.96. The summed E-state index contributed by atoms with van der Waals surface area (Å²) in [6.45, 7) is 4.04. The average molecular weight is 344 g/mol. The van der Waals surface area contributed by atoms with E-state index >= 15 is 0 Å². The molecular weight excluding hydrogens is 320 g/mol. The minimum Gasteiger partial charge on any atom is -0.376 e. The van der Waals surface area contributed by atoms with E-state index in [0.717, 1.165) is 37.4 Å². The van der Waals surface area contributed by atoms with Crippen molar-refractivity contribution >= 4 is 0 Å². The van der Waals surface area contributed by atoms with Gasteiger partial charge in [0.05, 0.1) is 32.1 Å². The van der Waals surface area contributed by atoms with E-state index < -0.39 is 0 Å². The highest BCUT2D eigenvalue weighted by Gasteiger charge is 2.26. The maximum atomic E-state index is 13.1. The molecule has 2 aliphatic heterocycles. The number of aromatic nitrogens is 3. The Morgan fingerprint density at radius 1 is 1.16 bits per heavy atom. The van der Waals surface area contributed by atoms with Gasteiger partial charge in [0.15, 0.2) is 0 Å². The first-order valence-corrected chi connectivity index (χ1v) is 8.98. The Morgan fingerprint density at radius 3 is 2.68 bits per heavy atom. The highest BCUT2D eigenvalue weighted by atomic mass is 16.6. The largest absolute Gasteiger partial charge is 0.376 e. The first-order chi connectivity index (χ1) is 12.3. The van der Waals surface area contributed by atoms with Crippen LogP contribution in [-0.4, -0.2) is 53.4 Å². The lowest BCUT2D eigenvalue weighted by Crippen LogP contribution is -2.36. The summed E-state index contributed by atoms with van der Waals surface area (Å²) in [6, 6.07) is 9.76. The van der Waals surface area contributed by atoms with Gasteiger partial charge in [0, 0.05) is 5.92 Å². The highest BCUT2D eigenvalue weighted by molar-refractivity contribution is 5.33. The minimum absolute atomic E-state index is 0.103. The first kappa shape index (κ1) is 16.5. The summed E-state index contributed by atoms with van der Waals surface area (Å²) in [5, 5.41) is 8.08. The van der Waals surface area contributed by atoms with Crippen molar-refractivity contribution in [3.8, 4) is 5.69 Å². The van der Waals surface area contributed by atoms with Gasteiger partial charge in [-0.05, 0) is 38.1 Å². The van der Waals surface area contributed by atoms with Gasteiger partial charge in [0.25, 0.3) is 0 Å². The molecule has 2 aliphatic rings. The number of nitrogens with one attached hydrogen (secondary N) is 1. The van der Waals surface area contributed by atoms with Crippen molar-refractivity contribution in [2.75, 3.05) is 32.9 Å². The number of hydrogen-bond acceptors (Lipinski definition) is 5. The zero-order valence-electron chi connectivity index (χ0n) is 14.3. The van der Waals surface area contributed by atoms with Gasteiger partial charge in [-0.25, -0.2) is 14.0 Å². The van der Waals surface area contributed by atoms with Crippen molar-refractivity contribution in [3.05, 3.63) is 46.6 Å². The van der Waals surface area contributed by atoms with Crippen LogP contribution < -0.4 is 11.0 Å². The van der Waals surface area contributed by atoms with Crippen LogP contribution in [0.4, 0.5) is 0 Å². The lowest BCUT2D eigenvalue weighted by atomic mass is 9.97. The molecule has 0 unspecified atom stereocenters. The maximum absolute atomic E-state index is 13.1. The van der Waals surface area contributed by atoms with Crippen LogP contribution in [0, 0.1) is 0 Å². The number of ether oxygens (including phenoxy) is 2. The van der Waals surface area contributed by atoms with Gasteiger partial charge in [-0.2, -0.15) is 5.10 Å². The predicted octanol–water partition coefficient (Wildman–Crippen LogP) is 0.916. The summed E-state index contributed by atoms with van der Waals surface area (Å²) in [6.07, 6.45) is 1.87. The van der Waals surface area contributed by atoms with E-state index in [1.54, 1.807) is 9.25 Å². The Labute approximate surface area is 146 Å². The SMILES string of the molecule is O=c1n(C[C@H]2COCCO2)nc(C2CCNCC2)n1-c1ccccc1. The van der Waals surface area contributed by atoms with Gasteiger partial charge >= 0.3 is 5.69 Å². The van der Waals surface area contributed by atoms with Gasteiger partial charge in [0.1, 0.15) is 11.9 Å². The minimum atomic E-state index is -0.119. The van der Waals surface area contributed by atoms with Crippen LogP contribution in [0.1, 0.15) is 24.6 Å². The van der Waals surface area contributed by atoms with Gasteiger partial charge in [-0.3, -0.25) is 0 Å². The summed E-state index contributed by atoms with van der Waals surface area (Å²) in [7, 11) is 0. The topological polar surface area (TPSA) is 70.3 Å². The number of nitrogens with zero attached hydrogens (tertiary/aromatic N) is 3. The van der Waals surface area contributed by atoms with Crippen LogP contribution >= 0.6 is 0 Å². The number of hydrogen-bond donors (Lipinski definition) is 1. The highest BCUT2D eigenvalue weighted by Crippen LogP contribution is 2.24. The molecule has 0 radical (unpaired) electrons. The van der Waals surface area contributed by atoms with Crippen LogP contribution in [-0.2, 0) is 16.0 Å². The van der Waals surface area contributed by atoms with E-state index in [0.29, 0.717) is 32.3 Å². The monoisotopic (exact) mass is 344 g/mol. The molecule has 0 saturated carbocycles. The molecule has 4 rings (SSSR count). The molecule has 1 atom stereocenters. The zero-order valence-corrected chi connectivity index (χ0v) is 14.3. The molecule has 0 bridgehead atoms. The molecular formula is C18H24N4O3. The molecule has 1 aromatic heterocycles. The van der Waals surface area contributed by atoms with Crippen LogP contribution in [0.25, 0.3) is 5.69 Å². The molecule has 3 heterocycles. The maximum Gasteiger partial charge on any atom is 0.350 e. The molecule has 0 spiro atoms. The van der Waals surface area contributed by atoms with Gasteiger partial charge < -0.3 is 14.8 Å². The normalized spacial score (nSPS) is 22.2. The Morgan fingerprint density at radius 2 is 1.96 bits per heavy atom. The smallest absolute Gasteiger partial charge is 0.350 e. The number of rotatable bonds is 4. The Balaban J connectivity index is 1.70. The fourth-order valence-corrected chi connectivity index (χ4v) is 3.54. The predicted molar refractivity (Wildman–Crippen MR) is 93.2 cm³/mol. The van der Waals surface area contributed by atoms with Gasteiger partial charge in [0.2, 0.25) is 0 Å². The zero-order chi connectivity index (χ0) is 17.1. The van der Waals surface area contributed by atoms with Crippen molar-refractivity contribution in [2.45, 2.75) is 31.4 Å². The first-order valence-electron chi connectivity index (χ1n) is 8.98. The van der Waals surface area contributed by atoms with Crippen molar-refractivity contribution in [1.82, 2.24) is 19.7 Å². The summed E-state index contributed by atoms with van der Waals surface area (Å²) in [5.41, 5.74) is 0.766. The third kappa shape index (κ3) is 3.53. The van der Waals surface area contributed by atoms with Crippen molar-refractivity contribution in [3.63, 3.8) is 0 Å². The molecule has 0 aliphatic carbocycles. The molecule has 1 N–H and O–H groups in total. The second-order valence-corrected chi connectivity index (χ2v) is 6.59. The summed E-state index contributed by atoms with van der Waals surface area (Å²) in [4.78, 5) is 13.1. The molecule has 25 heavy (non-hydrogen) atoms. The number of piperidine rings is 1. The summed E-state index contributed by atoms with van der Waals surface area (Å²) >= 11 is 0. The second kappa shape index (κ2) is 7.51. The fourth-order valence-electron chi connectivity index (χ4n) is 3.54. The number of benzene rings is 1. The molecule has 0 amide bonds. The van der Waals surface area contributed by atoms with Crippen LogP contribution in [0.2, 0.25) is 0 Å². The van der Waals surface area contributed by atoms with E-state index in [4.69, 9.17) is 14.6 Å².